The van der Waals surface area contributed by atoms with Crippen LogP contribution in [0.25, 0.3) is 5.57 Å². The SMILES string of the molecule is COC(=O)N(C)c1ccc(OC)c(C2=C(CN3C(O)O[C@H](c4cc(C(F)(F)F)cc(C(F)(F)F)c4)[C@@H]3C)CC(C)(C)CC2)c1. The number of benzene rings is 2. The number of aliphatic hydroxyl groups excluding tert-OH is 1. The molecule has 1 unspecified atom stereocenters. The summed E-state index contributed by atoms with van der Waals surface area (Å²) in [6.07, 6.45) is -11.4. The maximum absolute atomic E-state index is 13.6. The summed E-state index contributed by atoms with van der Waals surface area (Å²) < 4.78 is 97.4. The summed E-state index contributed by atoms with van der Waals surface area (Å²) in [5, 5.41) is 10.9. The molecule has 0 bridgehead atoms. The van der Waals surface area contributed by atoms with Crippen molar-refractivity contribution < 1.29 is 50.5 Å². The topological polar surface area (TPSA) is 71.5 Å². The average molecular weight is 631 g/mol. The minimum Gasteiger partial charge on any atom is -0.496 e. The van der Waals surface area contributed by atoms with Crippen LogP contribution < -0.4 is 9.64 Å². The number of ether oxygens (including phenoxy) is 3. The third-order valence-corrected chi connectivity index (χ3v) is 8.34. The standard InChI is InChI=1S/C31H36F6N2O5/c1-17-26(18-11-20(30(32,33)34)13-21(12-18)31(35,36)37)44-28(41)39(17)16-19-15-29(2,3)10-9-23(19)24-14-22(7-8-25(24)42-5)38(4)27(40)43-6/h7-8,11-14,17,26,28,41H,9-10,15-16H2,1-6H3/t17-,26-,28?/m0/s1. The molecule has 242 valence electrons. The lowest BCUT2D eigenvalue weighted by atomic mass is 9.72. The molecule has 0 aromatic heterocycles. The van der Waals surface area contributed by atoms with Gasteiger partial charge in [-0.25, -0.2) is 9.69 Å². The molecule has 2 aromatic rings. The zero-order chi connectivity index (χ0) is 32.8. The smallest absolute Gasteiger partial charge is 0.416 e. The van der Waals surface area contributed by atoms with Crippen LogP contribution in [-0.4, -0.2) is 56.4 Å². The van der Waals surface area contributed by atoms with Gasteiger partial charge in [-0.15, -0.1) is 0 Å². The summed E-state index contributed by atoms with van der Waals surface area (Å²) in [6.45, 7) is 5.90. The summed E-state index contributed by atoms with van der Waals surface area (Å²) in [5.41, 5.74) is -0.300. The van der Waals surface area contributed by atoms with Gasteiger partial charge >= 0.3 is 18.4 Å². The average Bonchev–Trinajstić information content (AvgIpc) is 3.23. The Labute approximate surface area is 252 Å². The molecule has 1 heterocycles. The van der Waals surface area contributed by atoms with E-state index in [9.17, 15) is 36.2 Å². The number of amides is 1. The number of aliphatic hydroxyl groups is 1. The van der Waals surface area contributed by atoms with E-state index < -0.39 is 48.1 Å². The number of alkyl halides is 6. The molecule has 0 spiro atoms. The second-order valence-electron chi connectivity index (χ2n) is 12.0. The number of carbonyl (C=O) groups is 1. The third kappa shape index (κ3) is 7.00. The lowest BCUT2D eigenvalue weighted by molar-refractivity contribution is -0.150. The molecule has 4 rings (SSSR count). The molecule has 1 saturated heterocycles. The van der Waals surface area contributed by atoms with Crippen molar-refractivity contribution in [3.05, 3.63) is 64.2 Å². The largest absolute Gasteiger partial charge is 0.496 e. The maximum atomic E-state index is 13.6. The van der Waals surface area contributed by atoms with Crippen LogP contribution in [0.5, 0.6) is 5.75 Å². The number of hydrogen-bond donors (Lipinski definition) is 1. The van der Waals surface area contributed by atoms with Crippen molar-refractivity contribution in [3.8, 4) is 5.75 Å². The Morgan fingerprint density at radius 1 is 1.07 bits per heavy atom. The predicted molar refractivity (Wildman–Crippen MR) is 151 cm³/mol. The quantitative estimate of drug-likeness (QED) is 0.331. The van der Waals surface area contributed by atoms with Crippen molar-refractivity contribution in [2.45, 2.75) is 70.9 Å². The number of halogens is 6. The molecule has 1 aliphatic carbocycles. The van der Waals surface area contributed by atoms with E-state index in [1.807, 2.05) is 0 Å². The van der Waals surface area contributed by atoms with Gasteiger partial charge in [0.1, 0.15) is 11.9 Å². The Kier molecular flexibility index (Phi) is 9.35. The lowest BCUT2D eigenvalue weighted by Gasteiger charge is -2.36. The number of hydrogen-bond acceptors (Lipinski definition) is 6. The number of nitrogens with zero attached hydrogens (tertiary/aromatic N) is 2. The Morgan fingerprint density at radius 2 is 1.68 bits per heavy atom. The van der Waals surface area contributed by atoms with Crippen LogP contribution in [0.3, 0.4) is 0 Å². The molecule has 1 aliphatic heterocycles. The first-order chi connectivity index (χ1) is 20.4. The summed E-state index contributed by atoms with van der Waals surface area (Å²) >= 11 is 0. The van der Waals surface area contributed by atoms with Gasteiger partial charge < -0.3 is 19.3 Å². The summed E-state index contributed by atoms with van der Waals surface area (Å²) in [4.78, 5) is 15.1. The Morgan fingerprint density at radius 3 is 2.23 bits per heavy atom. The van der Waals surface area contributed by atoms with Gasteiger partial charge in [-0.05, 0) is 79.1 Å². The highest BCUT2D eigenvalue weighted by atomic mass is 19.4. The van der Waals surface area contributed by atoms with E-state index in [4.69, 9.17) is 14.2 Å². The zero-order valence-corrected chi connectivity index (χ0v) is 25.3. The lowest BCUT2D eigenvalue weighted by Crippen LogP contribution is -2.38. The van der Waals surface area contributed by atoms with Gasteiger partial charge in [0.2, 0.25) is 6.41 Å². The van der Waals surface area contributed by atoms with Crippen molar-refractivity contribution in [2.75, 3.05) is 32.7 Å². The highest BCUT2D eigenvalue weighted by Gasteiger charge is 2.44. The molecule has 1 N–H and O–H groups in total. The summed E-state index contributed by atoms with van der Waals surface area (Å²) in [6, 6.07) is 5.79. The molecule has 1 amide bonds. The maximum Gasteiger partial charge on any atom is 0.416 e. The third-order valence-electron chi connectivity index (χ3n) is 8.34. The van der Waals surface area contributed by atoms with E-state index in [2.05, 4.69) is 13.8 Å². The Balaban J connectivity index is 1.75. The molecule has 7 nitrogen and oxygen atoms in total. The van der Waals surface area contributed by atoms with E-state index in [0.717, 1.165) is 23.1 Å². The molecule has 13 heteroatoms. The number of methoxy groups -OCH3 is 2. The van der Waals surface area contributed by atoms with Gasteiger partial charge in [-0.3, -0.25) is 4.90 Å². The second kappa shape index (κ2) is 12.2. The highest BCUT2D eigenvalue weighted by Crippen LogP contribution is 2.47. The fourth-order valence-corrected chi connectivity index (χ4v) is 5.91. The monoisotopic (exact) mass is 630 g/mol. The minimum atomic E-state index is -5.01. The zero-order valence-electron chi connectivity index (χ0n) is 25.3. The molecule has 2 aliphatic rings. The molecule has 0 radical (unpaired) electrons. The van der Waals surface area contributed by atoms with Gasteiger partial charge in [0.05, 0.1) is 25.3 Å². The first kappa shape index (κ1) is 33.6. The highest BCUT2D eigenvalue weighted by molar-refractivity contribution is 5.88. The van der Waals surface area contributed by atoms with E-state index in [0.29, 0.717) is 36.4 Å². The van der Waals surface area contributed by atoms with Crippen LogP contribution >= 0.6 is 0 Å². The van der Waals surface area contributed by atoms with Gasteiger partial charge in [0.25, 0.3) is 0 Å². The molecule has 3 atom stereocenters. The van der Waals surface area contributed by atoms with Crippen molar-refractivity contribution in [2.24, 2.45) is 5.41 Å². The summed E-state index contributed by atoms with van der Waals surface area (Å²) in [7, 11) is 4.35. The molecular weight excluding hydrogens is 594 g/mol. The molecule has 2 aromatic carbocycles. The van der Waals surface area contributed by atoms with Gasteiger partial charge in [0, 0.05) is 30.9 Å². The summed E-state index contributed by atoms with van der Waals surface area (Å²) in [5.74, 6) is 0.548. The van der Waals surface area contributed by atoms with Gasteiger partial charge in [-0.2, -0.15) is 26.3 Å². The van der Waals surface area contributed by atoms with Crippen molar-refractivity contribution in [3.63, 3.8) is 0 Å². The van der Waals surface area contributed by atoms with Crippen LogP contribution in [0.2, 0.25) is 0 Å². The van der Waals surface area contributed by atoms with Crippen LogP contribution in [0.4, 0.5) is 36.8 Å². The van der Waals surface area contributed by atoms with Crippen molar-refractivity contribution in [1.82, 2.24) is 4.90 Å². The van der Waals surface area contributed by atoms with Gasteiger partial charge in [-0.1, -0.05) is 19.4 Å². The van der Waals surface area contributed by atoms with Crippen molar-refractivity contribution >= 4 is 17.4 Å². The van der Waals surface area contributed by atoms with E-state index in [1.165, 1.54) is 24.0 Å². The number of rotatable bonds is 6. The van der Waals surface area contributed by atoms with Crippen LogP contribution in [0.1, 0.15) is 68.4 Å². The Bertz CT molecular complexity index is 1390. The molecule has 0 saturated carbocycles. The number of carbonyl (C=O) groups excluding carboxylic acids is 1. The molecule has 1 fully saturated rings. The fraction of sp³-hybridized carbons (Fsp3) is 0.516. The first-order valence-corrected chi connectivity index (χ1v) is 14.0. The normalized spacial score (nSPS) is 22.7. The molecular formula is C31H36F6N2O5. The fourth-order valence-electron chi connectivity index (χ4n) is 5.91. The number of anilines is 1. The van der Waals surface area contributed by atoms with E-state index in [1.54, 1.807) is 32.2 Å². The first-order valence-electron chi connectivity index (χ1n) is 14.0. The second-order valence-corrected chi connectivity index (χ2v) is 12.0. The van der Waals surface area contributed by atoms with Crippen LogP contribution in [0, 0.1) is 5.41 Å². The predicted octanol–water partition coefficient (Wildman–Crippen LogP) is 7.64. The molecule has 44 heavy (non-hydrogen) atoms. The van der Waals surface area contributed by atoms with Crippen LogP contribution in [-0.2, 0) is 21.8 Å². The Hall–Kier alpha value is -3.29. The van der Waals surface area contributed by atoms with Crippen LogP contribution in [0.15, 0.2) is 42.0 Å². The van der Waals surface area contributed by atoms with E-state index >= 15 is 0 Å². The van der Waals surface area contributed by atoms with Gasteiger partial charge in [0.15, 0.2) is 0 Å². The van der Waals surface area contributed by atoms with E-state index in [-0.39, 0.29) is 23.6 Å². The number of allylic oxidation sites excluding steroid dienone is 1. The van der Waals surface area contributed by atoms with Crippen molar-refractivity contribution in [1.29, 1.82) is 0 Å². The minimum absolute atomic E-state index is 0.0671.